The maximum atomic E-state index is 8.57. The van der Waals surface area contributed by atoms with Crippen molar-refractivity contribution in [1.29, 1.82) is 0 Å². The van der Waals surface area contributed by atoms with E-state index in [4.69, 9.17) is 27.2 Å². The Balaban J connectivity index is 3.38. The first-order valence-electron chi connectivity index (χ1n) is 3.71. The second-order valence-corrected chi connectivity index (χ2v) is 2.53. The maximum absolute atomic E-state index is 8.57. The molecular weight excluding hydrogens is 159 g/mol. The molecule has 8 N–H and O–H groups in total. The van der Waals surface area contributed by atoms with E-state index < -0.39 is 13.1 Å². The van der Waals surface area contributed by atoms with Crippen molar-refractivity contribution in [2.45, 2.75) is 18.8 Å². The molecule has 6 nitrogen and oxygen atoms in total. The number of aliphatic imine (C=N–C) groups is 1. The Labute approximate surface area is 71.6 Å². The van der Waals surface area contributed by atoms with E-state index in [2.05, 4.69) is 4.99 Å². The predicted molar refractivity (Wildman–Crippen MR) is 48.1 cm³/mol. The molecule has 0 aliphatic carbocycles. The van der Waals surface area contributed by atoms with Crippen molar-refractivity contribution in [3.05, 3.63) is 0 Å². The summed E-state index contributed by atoms with van der Waals surface area (Å²) in [6.45, 7) is 0.461. The first-order chi connectivity index (χ1) is 5.54. The summed E-state index contributed by atoms with van der Waals surface area (Å²) in [5, 5.41) is 17.1. The molecule has 0 saturated carbocycles. The highest BCUT2D eigenvalue weighted by atomic mass is 16.4. The zero-order chi connectivity index (χ0) is 9.56. The number of rotatable bonds is 5. The van der Waals surface area contributed by atoms with Crippen molar-refractivity contribution in [3.8, 4) is 0 Å². The van der Waals surface area contributed by atoms with Crippen LogP contribution in [-0.2, 0) is 0 Å². The SMILES string of the molecule is NC(N)=NCCC[C@H](N)B(O)O. The molecule has 0 saturated heterocycles. The van der Waals surface area contributed by atoms with E-state index >= 15 is 0 Å². The van der Waals surface area contributed by atoms with Gasteiger partial charge in [0.25, 0.3) is 0 Å². The van der Waals surface area contributed by atoms with Crippen LogP contribution in [0.1, 0.15) is 12.8 Å². The van der Waals surface area contributed by atoms with Gasteiger partial charge in [0.15, 0.2) is 5.96 Å². The monoisotopic (exact) mass is 174 g/mol. The molecule has 0 fully saturated rings. The molecule has 0 aromatic carbocycles. The van der Waals surface area contributed by atoms with Crippen molar-refractivity contribution in [2.24, 2.45) is 22.2 Å². The zero-order valence-corrected chi connectivity index (χ0v) is 6.85. The minimum absolute atomic E-state index is 0.0353. The van der Waals surface area contributed by atoms with Gasteiger partial charge in [0.1, 0.15) is 0 Å². The van der Waals surface area contributed by atoms with Crippen molar-refractivity contribution in [3.63, 3.8) is 0 Å². The molecule has 0 unspecified atom stereocenters. The van der Waals surface area contributed by atoms with Crippen molar-refractivity contribution >= 4 is 13.1 Å². The van der Waals surface area contributed by atoms with Crippen LogP contribution >= 0.6 is 0 Å². The van der Waals surface area contributed by atoms with Crippen LogP contribution in [0, 0.1) is 0 Å². The van der Waals surface area contributed by atoms with Crippen LogP contribution in [-0.4, -0.2) is 35.6 Å². The van der Waals surface area contributed by atoms with Gasteiger partial charge in [-0.3, -0.25) is 4.99 Å². The fourth-order valence-electron chi connectivity index (χ4n) is 0.684. The van der Waals surface area contributed by atoms with E-state index in [1.807, 2.05) is 0 Å². The summed E-state index contributed by atoms with van der Waals surface area (Å²) in [6.07, 6.45) is 1.12. The summed E-state index contributed by atoms with van der Waals surface area (Å²) in [5.74, 6) is -0.590. The van der Waals surface area contributed by atoms with Crippen LogP contribution in [0.15, 0.2) is 4.99 Å². The fraction of sp³-hybridized carbons (Fsp3) is 0.800. The zero-order valence-electron chi connectivity index (χ0n) is 6.85. The van der Waals surface area contributed by atoms with Gasteiger partial charge in [0.05, 0.1) is 0 Å². The highest BCUT2D eigenvalue weighted by Gasteiger charge is 2.17. The summed E-state index contributed by atoms with van der Waals surface area (Å²) in [7, 11) is -1.47. The second kappa shape index (κ2) is 5.81. The van der Waals surface area contributed by atoms with Crippen molar-refractivity contribution < 1.29 is 10.0 Å². The summed E-state index contributed by atoms with van der Waals surface area (Å²) >= 11 is 0. The van der Waals surface area contributed by atoms with Crippen LogP contribution in [0.2, 0.25) is 0 Å². The Morgan fingerprint density at radius 2 is 2.00 bits per heavy atom. The second-order valence-electron chi connectivity index (χ2n) is 2.53. The van der Waals surface area contributed by atoms with Gasteiger partial charge in [-0.25, -0.2) is 0 Å². The van der Waals surface area contributed by atoms with Crippen LogP contribution in [0.4, 0.5) is 0 Å². The van der Waals surface area contributed by atoms with E-state index in [0.29, 0.717) is 19.4 Å². The molecular formula is C5H15BN4O2. The number of nitrogens with two attached hydrogens (primary N) is 3. The van der Waals surface area contributed by atoms with Crippen LogP contribution < -0.4 is 17.2 Å². The molecule has 0 radical (unpaired) electrons. The third kappa shape index (κ3) is 5.96. The minimum atomic E-state index is -1.47. The number of nitrogens with zero attached hydrogens (tertiary/aromatic N) is 1. The van der Waals surface area contributed by atoms with Crippen LogP contribution in [0.5, 0.6) is 0 Å². The highest BCUT2D eigenvalue weighted by Crippen LogP contribution is 1.95. The third-order valence-corrected chi connectivity index (χ3v) is 1.37. The van der Waals surface area contributed by atoms with Gasteiger partial charge >= 0.3 is 7.12 Å². The van der Waals surface area contributed by atoms with Crippen molar-refractivity contribution in [2.75, 3.05) is 6.54 Å². The van der Waals surface area contributed by atoms with Gasteiger partial charge in [-0.1, -0.05) is 0 Å². The van der Waals surface area contributed by atoms with E-state index in [1.165, 1.54) is 0 Å². The molecule has 0 amide bonds. The normalized spacial score (nSPS) is 12.2. The summed E-state index contributed by atoms with van der Waals surface area (Å²) in [6, 6.07) is 0. The minimum Gasteiger partial charge on any atom is -0.426 e. The molecule has 70 valence electrons. The first kappa shape index (κ1) is 11.2. The van der Waals surface area contributed by atoms with E-state index in [9.17, 15) is 0 Å². The molecule has 0 aromatic rings. The molecule has 0 spiro atoms. The lowest BCUT2D eigenvalue weighted by molar-refractivity contribution is 0.381. The number of hydrogen-bond donors (Lipinski definition) is 5. The Morgan fingerprint density at radius 1 is 1.42 bits per heavy atom. The quantitative estimate of drug-likeness (QED) is 0.135. The summed E-state index contributed by atoms with van der Waals surface area (Å²) < 4.78 is 0. The Morgan fingerprint density at radius 3 is 2.42 bits per heavy atom. The Kier molecular flexibility index (Phi) is 5.43. The summed E-state index contributed by atoms with van der Waals surface area (Å²) in [5.41, 5.74) is 15.5. The standard InChI is InChI=1S/C5H15BN4O2/c7-4(6(11)12)2-1-3-10-5(8)9/h4,11-12H,1-3,7H2,(H4,8,9,10)/t4-/m0/s1. The van der Waals surface area contributed by atoms with E-state index in [1.54, 1.807) is 0 Å². The smallest absolute Gasteiger partial charge is 0.426 e. The lowest BCUT2D eigenvalue weighted by atomic mass is 9.78. The molecule has 0 aliphatic rings. The molecule has 0 aliphatic heterocycles. The van der Waals surface area contributed by atoms with Gasteiger partial charge in [-0.15, -0.1) is 0 Å². The van der Waals surface area contributed by atoms with Crippen LogP contribution in [0.25, 0.3) is 0 Å². The molecule has 7 heteroatoms. The van der Waals surface area contributed by atoms with Gasteiger partial charge in [-0.05, 0) is 12.8 Å². The lowest BCUT2D eigenvalue weighted by Gasteiger charge is -2.07. The molecule has 0 rings (SSSR count). The number of guanidine groups is 1. The predicted octanol–water partition coefficient (Wildman–Crippen LogP) is -2.62. The average Bonchev–Trinajstić information content (AvgIpc) is 1.97. The van der Waals surface area contributed by atoms with Gasteiger partial charge in [0, 0.05) is 12.5 Å². The largest absolute Gasteiger partial charge is 0.469 e. The van der Waals surface area contributed by atoms with Gasteiger partial charge < -0.3 is 27.2 Å². The first-order valence-corrected chi connectivity index (χ1v) is 3.71. The highest BCUT2D eigenvalue weighted by molar-refractivity contribution is 6.43. The van der Waals surface area contributed by atoms with E-state index in [0.717, 1.165) is 0 Å². The molecule has 0 bridgehead atoms. The van der Waals surface area contributed by atoms with Crippen LogP contribution in [0.3, 0.4) is 0 Å². The molecule has 1 atom stereocenters. The van der Waals surface area contributed by atoms with Gasteiger partial charge in [0.2, 0.25) is 0 Å². The molecule has 0 heterocycles. The third-order valence-electron chi connectivity index (χ3n) is 1.37. The summed E-state index contributed by atoms with van der Waals surface area (Å²) in [4.78, 5) is 3.71. The van der Waals surface area contributed by atoms with Gasteiger partial charge in [-0.2, -0.15) is 0 Å². The average molecular weight is 174 g/mol. The fourth-order valence-corrected chi connectivity index (χ4v) is 0.684. The molecule has 12 heavy (non-hydrogen) atoms. The Bertz CT molecular complexity index is 148. The molecule has 0 aromatic heterocycles. The lowest BCUT2D eigenvalue weighted by Crippen LogP contribution is -2.38. The number of hydrogen-bond acceptors (Lipinski definition) is 4. The van der Waals surface area contributed by atoms with Crippen molar-refractivity contribution in [1.82, 2.24) is 0 Å². The topological polar surface area (TPSA) is 131 Å². The maximum Gasteiger partial charge on any atom is 0.469 e. The Hall–Kier alpha value is -0.785. The van der Waals surface area contributed by atoms with E-state index in [-0.39, 0.29) is 5.96 Å².